The third-order valence-electron chi connectivity index (χ3n) is 2.98. The number of rotatable bonds is 7. The Morgan fingerprint density at radius 1 is 1.08 bits per heavy atom. The van der Waals surface area contributed by atoms with Gasteiger partial charge in [0.25, 0.3) is 5.22 Å². The first-order valence-corrected chi connectivity index (χ1v) is 9.81. The van der Waals surface area contributed by atoms with Crippen LogP contribution in [0, 0.1) is 0 Å². The van der Waals surface area contributed by atoms with E-state index < -0.39 is 0 Å². The molecule has 0 spiro atoms. The monoisotopic (exact) mass is 382 g/mol. The second-order valence-electron chi connectivity index (χ2n) is 4.40. The lowest BCUT2D eigenvalue weighted by atomic mass is 10.2. The Hall–Kier alpha value is -1.78. The fourth-order valence-electron chi connectivity index (χ4n) is 1.86. The van der Waals surface area contributed by atoms with Crippen LogP contribution in [0.5, 0.6) is 11.5 Å². The molecule has 2 aromatic heterocycles. The third-order valence-corrected chi connectivity index (χ3v) is 5.89. The summed E-state index contributed by atoms with van der Waals surface area (Å²) in [5.74, 6) is 2.34. The molecule has 0 radical (unpaired) electrons. The van der Waals surface area contributed by atoms with E-state index in [1.54, 1.807) is 49.5 Å². The van der Waals surface area contributed by atoms with E-state index in [2.05, 4.69) is 20.4 Å². The van der Waals surface area contributed by atoms with E-state index >= 15 is 0 Å². The molecule has 0 amide bonds. The van der Waals surface area contributed by atoms with Gasteiger partial charge in [0.2, 0.25) is 5.89 Å². The molecule has 24 heavy (non-hydrogen) atoms. The summed E-state index contributed by atoms with van der Waals surface area (Å²) in [7, 11) is 3.18. The van der Waals surface area contributed by atoms with Crippen LogP contribution in [0.4, 0.5) is 0 Å². The van der Waals surface area contributed by atoms with Crippen LogP contribution in [0.2, 0.25) is 0 Å². The van der Waals surface area contributed by atoms with Gasteiger partial charge >= 0.3 is 0 Å². The van der Waals surface area contributed by atoms with Gasteiger partial charge < -0.3 is 13.9 Å². The van der Waals surface area contributed by atoms with E-state index in [0.717, 1.165) is 14.9 Å². The van der Waals surface area contributed by atoms with Crippen LogP contribution in [-0.4, -0.2) is 40.9 Å². The minimum atomic E-state index is 0.431. The largest absolute Gasteiger partial charge is 0.493 e. The van der Waals surface area contributed by atoms with Gasteiger partial charge in [0.1, 0.15) is 5.01 Å². The second-order valence-corrected chi connectivity index (χ2v) is 7.44. The normalized spacial score (nSPS) is 10.8. The number of ether oxygens (including phenoxy) is 2. The third kappa shape index (κ3) is 3.82. The summed E-state index contributed by atoms with van der Waals surface area (Å²) in [4.78, 5) is 0. The summed E-state index contributed by atoms with van der Waals surface area (Å²) in [6.07, 6.45) is 1.98. The topological polar surface area (TPSA) is 83.2 Å². The Bertz CT molecular complexity index is 821. The van der Waals surface area contributed by atoms with Gasteiger partial charge in [-0.3, -0.25) is 0 Å². The van der Waals surface area contributed by atoms with Crippen LogP contribution in [0.1, 0.15) is 5.01 Å². The zero-order valence-electron chi connectivity index (χ0n) is 13.2. The molecule has 0 N–H and O–H groups in total. The lowest BCUT2D eigenvalue weighted by molar-refractivity contribution is 0.355. The minimum absolute atomic E-state index is 0.431. The number of benzene rings is 1. The average molecular weight is 382 g/mol. The van der Waals surface area contributed by atoms with Gasteiger partial charge in [-0.2, -0.15) is 0 Å². The van der Waals surface area contributed by atoms with Crippen LogP contribution in [0.25, 0.3) is 11.5 Å². The SMILES string of the molecule is COc1ccc(-c2nnc(SCc3nnc(SC)s3)o2)cc1OC. The van der Waals surface area contributed by atoms with Crippen molar-refractivity contribution >= 4 is 34.9 Å². The van der Waals surface area contributed by atoms with Crippen molar-refractivity contribution in [1.29, 1.82) is 0 Å². The average Bonchev–Trinajstić information content (AvgIpc) is 3.28. The van der Waals surface area contributed by atoms with Crippen molar-refractivity contribution in [2.45, 2.75) is 15.3 Å². The number of thioether (sulfide) groups is 2. The van der Waals surface area contributed by atoms with Crippen LogP contribution in [0.3, 0.4) is 0 Å². The van der Waals surface area contributed by atoms with Gasteiger partial charge in [-0.05, 0) is 24.5 Å². The maximum absolute atomic E-state index is 5.69. The number of aromatic nitrogens is 4. The quantitative estimate of drug-likeness (QED) is 0.569. The highest BCUT2D eigenvalue weighted by Gasteiger charge is 2.13. The molecule has 0 bridgehead atoms. The van der Waals surface area contributed by atoms with Gasteiger partial charge in [-0.15, -0.1) is 20.4 Å². The lowest BCUT2D eigenvalue weighted by Gasteiger charge is -2.07. The molecule has 126 valence electrons. The van der Waals surface area contributed by atoms with E-state index in [4.69, 9.17) is 13.9 Å². The molecule has 0 unspecified atom stereocenters. The Balaban J connectivity index is 1.71. The zero-order chi connectivity index (χ0) is 16.9. The van der Waals surface area contributed by atoms with Crippen molar-refractivity contribution in [2.75, 3.05) is 20.5 Å². The van der Waals surface area contributed by atoms with E-state index in [9.17, 15) is 0 Å². The lowest BCUT2D eigenvalue weighted by Crippen LogP contribution is -1.90. The molecule has 3 rings (SSSR count). The summed E-state index contributed by atoms with van der Waals surface area (Å²) in [5, 5.41) is 17.7. The van der Waals surface area contributed by atoms with Crippen molar-refractivity contribution in [1.82, 2.24) is 20.4 Å². The standard InChI is InChI=1S/C14H14N4O3S3/c1-19-9-5-4-8(6-10(9)20-2)12-16-17-13(21-12)23-7-11-15-18-14(22-3)24-11/h4-6H,7H2,1-3H3. The first kappa shape index (κ1) is 17.1. The molecule has 0 aliphatic carbocycles. The number of nitrogens with zero attached hydrogens (tertiary/aromatic N) is 4. The van der Waals surface area contributed by atoms with Crippen molar-refractivity contribution < 1.29 is 13.9 Å². The van der Waals surface area contributed by atoms with E-state index in [-0.39, 0.29) is 0 Å². The number of hydrogen-bond donors (Lipinski definition) is 0. The molecule has 0 saturated heterocycles. The number of methoxy groups -OCH3 is 2. The summed E-state index contributed by atoms with van der Waals surface area (Å²) >= 11 is 4.58. The van der Waals surface area contributed by atoms with Gasteiger partial charge in [0.05, 0.1) is 20.0 Å². The smallest absolute Gasteiger partial charge is 0.277 e. The van der Waals surface area contributed by atoms with Crippen LogP contribution in [0.15, 0.2) is 32.2 Å². The van der Waals surface area contributed by atoms with E-state index in [1.165, 1.54) is 11.8 Å². The Kier molecular flexibility index (Phi) is 5.59. The van der Waals surface area contributed by atoms with E-state index in [1.807, 2.05) is 12.3 Å². The fourth-order valence-corrected chi connectivity index (χ4v) is 3.92. The molecule has 0 aliphatic rings. The van der Waals surface area contributed by atoms with E-state index in [0.29, 0.717) is 28.4 Å². The van der Waals surface area contributed by atoms with Crippen molar-refractivity contribution in [2.24, 2.45) is 0 Å². The van der Waals surface area contributed by atoms with Crippen molar-refractivity contribution in [3.63, 3.8) is 0 Å². The Morgan fingerprint density at radius 3 is 2.62 bits per heavy atom. The maximum Gasteiger partial charge on any atom is 0.277 e. The highest BCUT2D eigenvalue weighted by molar-refractivity contribution is 8.00. The molecule has 3 aromatic rings. The molecule has 0 fully saturated rings. The maximum atomic E-state index is 5.69. The Morgan fingerprint density at radius 2 is 1.92 bits per heavy atom. The van der Waals surface area contributed by atoms with Crippen LogP contribution >= 0.6 is 34.9 Å². The van der Waals surface area contributed by atoms with Gasteiger partial charge in [-0.25, -0.2) is 0 Å². The van der Waals surface area contributed by atoms with Crippen LogP contribution in [-0.2, 0) is 5.75 Å². The molecule has 10 heteroatoms. The summed E-state index contributed by atoms with van der Waals surface area (Å²) in [6, 6.07) is 5.45. The second kappa shape index (κ2) is 7.86. The molecular formula is C14H14N4O3S3. The van der Waals surface area contributed by atoms with Crippen LogP contribution < -0.4 is 9.47 Å². The van der Waals surface area contributed by atoms with Crippen molar-refractivity contribution in [3.05, 3.63) is 23.2 Å². The minimum Gasteiger partial charge on any atom is -0.493 e. The molecular weight excluding hydrogens is 368 g/mol. The molecule has 2 heterocycles. The van der Waals surface area contributed by atoms with Crippen molar-refractivity contribution in [3.8, 4) is 23.0 Å². The summed E-state index contributed by atoms with van der Waals surface area (Å²) in [5.41, 5.74) is 0.771. The number of hydrogen-bond acceptors (Lipinski definition) is 10. The molecule has 0 atom stereocenters. The van der Waals surface area contributed by atoms with Gasteiger partial charge in [-0.1, -0.05) is 34.9 Å². The summed E-state index contributed by atoms with van der Waals surface area (Å²) < 4.78 is 17.1. The highest BCUT2D eigenvalue weighted by Crippen LogP contribution is 2.33. The molecule has 1 aromatic carbocycles. The Labute approximate surface area is 151 Å². The predicted molar refractivity (Wildman–Crippen MR) is 94.1 cm³/mol. The zero-order valence-corrected chi connectivity index (χ0v) is 15.6. The predicted octanol–water partition coefficient (Wildman–Crippen LogP) is 3.62. The summed E-state index contributed by atoms with van der Waals surface area (Å²) in [6.45, 7) is 0. The van der Waals surface area contributed by atoms with Gasteiger partial charge in [0.15, 0.2) is 15.8 Å². The molecule has 0 aliphatic heterocycles. The molecule has 0 saturated carbocycles. The first-order valence-electron chi connectivity index (χ1n) is 6.78. The molecule has 7 nitrogen and oxygen atoms in total. The fraction of sp³-hybridized carbons (Fsp3) is 0.286. The first-order chi connectivity index (χ1) is 11.7. The highest BCUT2D eigenvalue weighted by atomic mass is 32.2. The van der Waals surface area contributed by atoms with Gasteiger partial charge in [0, 0.05) is 5.56 Å².